The maximum Gasteiger partial charge on any atom is 0.280 e. The van der Waals surface area contributed by atoms with Crippen LogP contribution in [0.5, 0.6) is 5.88 Å². The van der Waals surface area contributed by atoms with Crippen LogP contribution in [-0.4, -0.2) is 28.1 Å². The second kappa shape index (κ2) is 5.24. The number of benzene rings is 1. The van der Waals surface area contributed by atoms with Gasteiger partial charge in [0.25, 0.3) is 10.0 Å². The molecule has 0 aliphatic heterocycles. The Morgan fingerprint density at radius 2 is 1.91 bits per heavy atom. The fourth-order valence-electron chi connectivity index (χ4n) is 2.20. The Morgan fingerprint density at radius 3 is 2.57 bits per heavy atom. The quantitative estimate of drug-likeness (QED) is 0.765. The summed E-state index contributed by atoms with van der Waals surface area (Å²) >= 11 is 0. The molecule has 0 aliphatic carbocycles. The summed E-state index contributed by atoms with van der Waals surface area (Å²) in [6.45, 7) is 3.46. The van der Waals surface area contributed by atoms with Crippen LogP contribution in [-0.2, 0) is 17.1 Å². The summed E-state index contributed by atoms with van der Waals surface area (Å²) in [5, 5.41) is 10.3. The number of pyridine rings is 1. The summed E-state index contributed by atoms with van der Waals surface area (Å²) in [4.78, 5) is 8.08. The third-order valence-electron chi connectivity index (χ3n) is 3.59. The minimum Gasteiger partial charge on any atom is -0.493 e. The smallest absolute Gasteiger partial charge is 0.280 e. The number of hydrogen-bond acceptors (Lipinski definition) is 5. The Labute approximate surface area is 133 Å². The number of imidazole rings is 1. The third-order valence-corrected chi connectivity index (χ3v) is 4.84. The molecule has 0 atom stereocenters. The molecular formula is C15H16N4O3S. The van der Waals surface area contributed by atoms with E-state index in [1.807, 2.05) is 0 Å². The van der Waals surface area contributed by atoms with Crippen LogP contribution in [0, 0.1) is 13.8 Å². The lowest BCUT2D eigenvalue weighted by atomic mass is 10.1. The minimum absolute atomic E-state index is 0.0300. The number of aromatic nitrogens is 3. The highest BCUT2D eigenvalue weighted by atomic mass is 32.2. The molecule has 0 spiro atoms. The van der Waals surface area contributed by atoms with E-state index < -0.39 is 10.0 Å². The normalized spacial score (nSPS) is 11.8. The summed E-state index contributed by atoms with van der Waals surface area (Å²) in [7, 11) is -2.02. The molecule has 2 N–H and O–H groups in total. The van der Waals surface area contributed by atoms with E-state index in [1.54, 1.807) is 49.7 Å². The van der Waals surface area contributed by atoms with Crippen LogP contribution < -0.4 is 4.72 Å². The van der Waals surface area contributed by atoms with E-state index in [1.165, 1.54) is 6.20 Å². The van der Waals surface area contributed by atoms with E-state index in [4.69, 9.17) is 0 Å². The topological polar surface area (TPSA) is 97.1 Å². The van der Waals surface area contributed by atoms with E-state index in [9.17, 15) is 13.5 Å². The summed E-state index contributed by atoms with van der Waals surface area (Å²) in [5.74, 6) is 0.578. The first kappa shape index (κ1) is 15.3. The number of sulfonamides is 1. The van der Waals surface area contributed by atoms with Crippen LogP contribution in [0.25, 0.3) is 10.9 Å². The van der Waals surface area contributed by atoms with Crippen molar-refractivity contribution in [1.82, 2.24) is 14.5 Å². The molecule has 0 aliphatic rings. The SMILES string of the molecule is Cc1cc2cc(NS(=O)(=O)c3cn(C)c(C)n3)ccc2nc1O. The monoisotopic (exact) mass is 332 g/mol. The van der Waals surface area contributed by atoms with Crippen molar-refractivity contribution in [3.63, 3.8) is 0 Å². The molecule has 0 amide bonds. The standard InChI is InChI=1S/C15H16N4O3S/c1-9-6-11-7-12(4-5-13(11)17-15(9)20)18-23(21,22)14-8-19(3)10(2)16-14/h4-8,18H,1-3H3,(H,17,20). The van der Waals surface area contributed by atoms with Gasteiger partial charge in [-0.2, -0.15) is 8.42 Å². The molecular weight excluding hydrogens is 316 g/mol. The highest BCUT2D eigenvalue weighted by Gasteiger charge is 2.18. The Kier molecular flexibility index (Phi) is 3.48. The van der Waals surface area contributed by atoms with E-state index >= 15 is 0 Å². The average molecular weight is 332 g/mol. The molecule has 8 heteroatoms. The molecule has 0 bridgehead atoms. The van der Waals surface area contributed by atoms with Gasteiger partial charge in [0, 0.05) is 29.9 Å². The molecule has 0 radical (unpaired) electrons. The van der Waals surface area contributed by atoms with Gasteiger partial charge in [-0.3, -0.25) is 4.72 Å². The minimum atomic E-state index is -3.75. The van der Waals surface area contributed by atoms with Gasteiger partial charge in [0.15, 0.2) is 5.03 Å². The fourth-order valence-corrected chi connectivity index (χ4v) is 3.29. The van der Waals surface area contributed by atoms with E-state index in [-0.39, 0.29) is 10.9 Å². The van der Waals surface area contributed by atoms with Gasteiger partial charge >= 0.3 is 0 Å². The summed E-state index contributed by atoms with van der Waals surface area (Å²) in [6.07, 6.45) is 1.46. The predicted octanol–water partition coefficient (Wildman–Crippen LogP) is 2.09. The number of aryl methyl sites for hydroxylation is 3. The van der Waals surface area contributed by atoms with Crippen molar-refractivity contribution in [2.24, 2.45) is 7.05 Å². The zero-order chi connectivity index (χ0) is 16.8. The van der Waals surface area contributed by atoms with Crippen molar-refractivity contribution in [3.8, 4) is 5.88 Å². The second-order valence-corrected chi connectivity index (χ2v) is 7.01. The summed E-state index contributed by atoms with van der Waals surface area (Å²) < 4.78 is 28.9. The van der Waals surface area contributed by atoms with Gasteiger partial charge in [-0.25, -0.2) is 9.97 Å². The molecule has 3 aromatic rings. The van der Waals surface area contributed by atoms with Crippen LogP contribution >= 0.6 is 0 Å². The number of aromatic hydroxyl groups is 1. The highest BCUT2D eigenvalue weighted by molar-refractivity contribution is 7.92. The largest absolute Gasteiger partial charge is 0.493 e. The molecule has 0 unspecified atom stereocenters. The maximum absolute atomic E-state index is 12.4. The number of rotatable bonds is 3. The molecule has 0 fully saturated rings. The Morgan fingerprint density at radius 1 is 1.17 bits per heavy atom. The lowest BCUT2D eigenvalue weighted by Gasteiger charge is -2.08. The fraction of sp³-hybridized carbons (Fsp3) is 0.200. The van der Waals surface area contributed by atoms with Crippen molar-refractivity contribution in [2.75, 3.05) is 4.72 Å². The van der Waals surface area contributed by atoms with Crippen molar-refractivity contribution < 1.29 is 13.5 Å². The van der Waals surface area contributed by atoms with Gasteiger partial charge in [0.2, 0.25) is 5.88 Å². The number of nitrogens with one attached hydrogen (secondary N) is 1. The molecule has 2 aromatic heterocycles. The Bertz CT molecular complexity index is 989. The number of nitrogens with zero attached hydrogens (tertiary/aromatic N) is 3. The maximum atomic E-state index is 12.4. The average Bonchev–Trinajstić information content (AvgIpc) is 2.81. The van der Waals surface area contributed by atoms with Crippen molar-refractivity contribution in [1.29, 1.82) is 0 Å². The van der Waals surface area contributed by atoms with Gasteiger partial charge in [0.1, 0.15) is 5.82 Å². The molecule has 2 heterocycles. The zero-order valence-electron chi connectivity index (χ0n) is 12.9. The Hall–Kier alpha value is -2.61. The van der Waals surface area contributed by atoms with Crippen LogP contribution in [0.3, 0.4) is 0 Å². The lowest BCUT2D eigenvalue weighted by molar-refractivity contribution is 0.451. The lowest BCUT2D eigenvalue weighted by Crippen LogP contribution is -2.13. The summed E-state index contributed by atoms with van der Waals surface area (Å²) in [6, 6.07) is 6.66. The van der Waals surface area contributed by atoms with Gasteiger partial charge in [0.05, 0.1) is 5.52 Å². The van der Waals surface area contributed by atoms with Crippen LogP contribution in [0.1, 0.15) is 11.4 Å². The zero-order valence-corrected chi connectivity index (χ0v) is 13.7. The summed E-state index contributed by atoms with van der Waals surface area (Å²) in [5.41, 5.74) is 1.62. The van der Waals surface area contributed by atoms with E-state index in [2.05, 4.69) is 14.7 Å². The molecule has 23 heavy (non-hydrogen) atoms. The van der Waals surface area contributed by atoms with E-state index in [0.29, 0.717) is 22.6 Å². The highest BCUT2D eigenvalue weighted by Crippen LogP contribution is 2.24. The number of hydrogen-bond donors (Lipinski definition) is 2. The van der Waals surface area contributed by atoms with E-state index in [0.717, 1.165) is 5.39 Å². The number of fused-ring (bicyclic) bond motifs is 1. The first-order valence-electron chi connectivity index (χ1n) is 6.89. The molecule has 120 valence electrons. The first-order valence-corrected chi connectivity index (χ1v) is 8.38. The van der Waals surface area contributed by atoms with Crippen molar-refractivity contribution in [2.45, 2.75) is 18.9 Å². The molecule has 3 rings (SSSR count). The second-order valence-electron chi connectivity index (χ2n) is 5.38. The Balaban J connectivity index is 1.99. The molecule has 0 saturated heterocycles. The molecule has 0 saturated carbocycles. The van der Waals surface area contributed by atoms with Gasteiger partial charge in [-0.1, -0.05) is 0 Å². The van der Waals surface area contributed by atoms with Gasteiger partial charge in [-0.05, 0) is 38.1 Å². The van der Waals surface area contributed by atoms with Crippen LogP contribution in [0.4, 0.5) is 5.69 Å². The van der Waals surface area contributed by atoms with Crippen LogP contribution in [0.2, 0.25) is 0 Å². The number of anilines is 1. The predicted molar refractivity (Wildman–Crippen MR) is 86.9 cm³/mol. The molecule has 1 aromatic carbocycles. The van der Waals surface area contributed by atoms with Crippen molar-refractivity contribution >= 4 is 26.6 Å². The van der Waals surface area contributed by atoms with Crippen molar-refractivity contribution in [3.05, 3.63) is 41.9 Å². The van der Waals surface area contributed by atoms with Crippen LogP contribution in [0.15, 0.2) is 35.5 Å². The molecule has 7 nitrogen and oxygen atoms in total. The first-order chi connectivity index (χ1) is 10.8. The third kappa shape index (κ3) is 2.85. The van der Waals surface area contributed by atoms with Gasteiger partial charge in [-0.15, -0.1) is 0 Å². The van der Waals surface area contributed by atoms with Gasteiger partial charge < -0.3 is 9.67 Å².